The number of rotatable bonds is 6. The van der Waals surface area contributed by atoms with Crippen molar-refractivity contribution in [3.8, 4) is 0 Å². The summed E-state index contributed by atoms with van der Waals surface area (Å²) in [7, 11) is -3.49. The fourth-order valence-electron chi connectivity index (χ4n) is 4.02. The number of amides is 1. The monoisotopic (exact) mass is 478 g/mol. The molecule has 10 heteroatoms. The highest BCUT2D eigenvalue weighted by Crippen LogP contribution is 2.22. The van der Waals surface area contributed by atoms with Crippen LogP contribution in [0.2, 0.25) is 0 Å². The molecule has 2 fully saturated rings. The third-order valence-corrected chi connectivity index (χ3v) is 8.82. The number of sulfonamides is 1. The van der Waals surface area contributed by atoms with Crippen LogP contribution in [-0.2, 0) is 26.0 Å². The molecule has 174 valence electrons. The number of carbonyl (C=O) groups excluding carboxylic acids is 1. The highest BCUT2D eigenvalue weighted by atomic mass is 32.2. The van der Waals surface area contributed by atoms with E-state index in [9.17, 15) is 13.2 Å². The van der Waals surface area contributed by atoms with Crippen LogP contribution < -0.4 is 4.90 Å². The largest absolute Gasteiger partial charge is 0.379 e. The Morgan fingerprint density at radius 2 is 1.81 bits per heavy atom. The van der Waals surface area contributed by atoms with Gasteiger partial charge in [0.15, 0.2) is 5.13 Å². The maximum Gasteiger partial charge on any atom is 0.243 e. The number of aromatic nitrogens is 1. The zero-order valence-corrected chi connectivity index (χ0v) is 20.0. The van der Waals surface area contributed by atoms with Crippen molar-refractivity contribution in [1.29, 1.82) is 0 Å². The van der Waals surface area contributed by atoms with E-state index in [0.29, 0.717) is 50.6 Å². The van der Waals surface area contributed by atoms with Crippen LogP contribution in [0.25, 0.3) is 0 Å². The summed E-state index contributed by atoms with van der Waals surface area (Å²) in [5.41, 5.74) is 2.00. The number of nitrogens with zero attached hydrogens (tertiary/aromatic N) is 4. The Morgan fingerprint density at radius 3 is 2.50 bits per heavy atom. The summed E-state index contributed by atoms with van der Waals surface area (Å²) in [5.74, 6) is 0.146. The van der Waals surface area contributed by atoms with Gasteiger partial charge in [0.25, 0.3) is 0 Å². The first-order valence-corrected chi connectivity index (χ1v) is 13.4. The van der Waals surface area contributed by atoms with E-state index in [4.69, 9.17) is 4.74 Å². The molecule has 2 aliphatic heterocycles. The lowest BCUT2D eigenvalue weighted by Crippen LogP contribution is -2.40. The summed E-state index contributed by atoms with van der Waals surface area (Å²) >= 11 is 1.65. The molecule has 2 saturated heterocycles. The highest BCUT2D eigenvalue weighted by Gasteiger charge is 2.26. The first-order chi connectivity index (χ1) is 15.4. The summed E-state index contributed by atoms with van der Waals surface area (Å²) in [6, 6.07) is 6.92. The standard InChI is InChI=1S/C22H30N4O4S2/c1-18-17-31-22(23-18)25-10-2-9-24(11-12-25)21(27)8-5-19-3-6-20(7-4-19)32(28,29)26-13-15-30-16-14-26/h3-4,6-7,17H,2,5,8-16H2,1H3. The topological polar surface area (TPSA) is 83.1 Å². The molecular formula is C22H30N4O4S2. The molecular weight excluding hydrogens is 448 g/mol. The first-order valence-electron chi connectivity index (χ1n) is 11.1. The first kappa shape index (κ1) is 23.2. The molecule has 0 unspecified atom stereocenters. The molecule has 4 rings (SSSR count). The van der Waals surface area contributed by atoms with Gasteiger partial charge in [-0.05, 0) is 37.5 Å². The number of thiazole rings is 1. The minimum Gasteiger partial charge on any atom is -0.379 e. The van der Waals surface area contributed by atoms with Gasteiger partial charge >= 0.3 is 0 Å². The second-order valence-corrected chi connectivity index (χ2v) is 10.9. The Morgan fingerprint density at radius 1 is 1.06 bits per heavy atom. The molecule has 1 amide bonds. The summed E-state index contributed by atoms with van der Waals surface area (Å²) in [6.45, 7) is 6.79. The van der Waals surface area contributed by atoms with E-state index >= 15 is 0 Å². The zero-order valence-electron chi connectivity index (χ0n) is 18.4. The van der Waals surface area contributed by atoms with Crippen LogP contribution in [0.15, 0.2) is 34.5 Å². The molecule has 0 aliphatic carbocycles. The van der Waals surface area contributed by atoms with Crippen molar-refractivity contribution in [2.24, 2.45) is 0 Å². The quantitative estimate of drug-likeness (QED) is 0.633. The number of carbonyl (C=O) groups is 1. The summed E-state index contributed by atoms with van der Waals surface area (Å²) < 4.78 is 32.2. The van der Waals surface area contributed by atoms with E-state index in [-0.39, 0.29) is 5.91 Å². The van der Waals surface area contributed by atoms with Gasteiger partial charge in [0.05, 0.1) is 23.8 Å². The van der Waals surface area contributed by atoms with Crippen molar-refractivity contribution < 1.29 is 17.9 Å². The summed E-state index contributed by atoms with van der Waals surface area (Å²) in [5, 5.41) is 3.09. The van der Waals surface area contributed by atoms with Crippen molar-refractivity contribution in [2.45, 2.75) is 31.1 Å². The van der Waals surface area contributed by atoms with E-state index in [1.165, 1.54) is 4.31 Å². The van der Waals surface area contributed by atoms with Gasteiger partial charge < -0.3 is 14.5 Å². The van der Waals surface area contributed by atoms with Gasteiger partial charge in [-0.1, -0.05) is 12.1 Å². The molecule has 0 atom stereocenters. The number of morpholine rings is 1. The molecule has 0 N–H and O–H groups in total. The van der Waals surface area contributed by atoms with Gasteiger partial charge in [-0.3, -0.25) is 4.79 Å². The SMILES string of the molecule is Cc1csc(N2CCCN(C(=O)CCc3ccc(S(=O)(=O)N4CCOCC4)cc3)CC2)n1. The average molecular weight is 479 g/mol. The Hall–Kier alpha value is -2.01. The average Bonchev–Trinajstić information content (AvgIpc) is 3.09. The number of benzene rings is 1. The fourth-order valence-corrected chi connectivity index (χ4v) is 6.28. The van der Waals surface area contributed by atoms with Crippen LogP contribution in [0.3, 0.4) is 0 Å². The molecule has 2 aliphatic rings. The van der Waals surface area contributed by atoms with Crippen molar-refractivity contribution in [2.75, 3.05) is 57.4 Å². The number of hydrogen-bond donors (Lipinski definition) is 0. The molecule has 0 radical (unpaired) electrons. The number of hydrogen-bond acceptors (Lipinski definition) is 7. The van der Waals surface area contributed by atoms with Crippen molar-refractivity contribution in [3.05, 3.63) is 40.9 Å². The van der Waals surface area contributed by atoms with Gasteiger partial charge in [0.2, 0.25) is 15.9 Å². The molecule has 3 heterocycles. The van der Waals surface area contributed by atoms with Crippen LogP contribution in [-0.4, -0.2) is 81.0 Å². The van der Waals surface area contributed by atoms with E-state index in [0.717, 1.165) is 42.4 Å². The van der Waals surface area contributed by atoms with Crippen LogP contribution in [0.1, 0.15) is 24.1 Å². The molecule has 1 aromatic carbocycles. The second kappa shape index (κ2) is 10.3. The summed E-state index contributed by atoms with van der Waals surface area (Å²) in [6.07, 6.45) is 1.95. The normalized spacial score (nSPS) is 18.5. The molecule has 2 aromatic rings. The minimum absolute atomic E-state index is 0.146. The number of ether oxygens (including phenoxy) is 1. The second-order valence-electron chi connectivity index (χ2n) is 8.15. The van der Waals surface area contributed by atoms with Crippen molar-refractivity contribution in [1.82, 2.24) is 14.2 Å². The smallest absolute Gasteiger partial charge is 0.243 e. The van der Waals surface area contributed by atoms with Gasteiger partial charge in [0, 0.05) is 51.1 Å². The number of aryl methyl sites for hydroxylation is 2. The van der Waals surface area contributed by atoms with Crippen molar-refractivity contribution >= 4 is 32.4 Å². The highest BCUT2D eigenvalue weighted by molar-refractivity contribution is 7.89. The summed E-state index contributed by atoms with van der Waals surface area (Å²) in [4.78, 5) is 21.8. The molecule has 0 saturated carbocycles. The minimum atomic E-state index is -3.49. The van der Waals surface area contributed by atoms with Crippen LogP contribution in [0, 0.1) is 6.92 Å². The Labute approximate surface area is 193 Å². The van der Waals surface area contributed by atoms with Crippen LogP contribution in [0.5, 0.6) is 0 Å². The number of anilines is 1. The van der Waals surface area contributed by atoms with Gasteiger partial charge in [-0.15, -0.1) is 11.3 Å². The molecule has 0 bridgehead atoms. The van der Waals surface area contributed by atoms with Gasteiger partial charge in [-0.2, -0.15) is 4.31 Å². The lowest BCUT2D eigenvalue weighted by molar-refractivity contribution is -0.130. The van der Waals surface area contributed by atoms with Gasteiger partial charge in [-0.25, -0.2) is 13.4 Å². The molecule has 1 aromatic heterocycles. The van der Waals surface area contributed by atoms with E-state index in [2.05, 4.69) is 15.3 Å². The van der Waals surface area contributed by atoms with E-state index in [1.54, 1.807) is 23.5 Å². The Kier molecular flexibility index (Phi) is 7.44. The Balaban J connectivity index is 1.29. The van der Waals surface area contributed by atoms with E-state index in [1.807, 2.05) is 24.0 Å². The van der Waals surface area contributed by atoms with Crippen LogP contribution in [0.4, 0.5) is 5.13 Å². The Bertz CT molecular complexity index is 1020. The van der Waals surface area contributed by atoms with Crippen LogP contribution >= 0.6 is 11.3 Å². The predicted octanol–water partition coefficient (Wildman–Crippen LogP) is 2.14. The van der Waals surface area contributed by atoms with Crippen molar-refractivity contribution in [3.63, 3.8) is 0 Å². The van der Waals surface area contributed by atoms with E-state index < -0.39 is 10.0 Å². The van der Waals surface area contributed by atoms with Gasteiger partial charge in [0.1, 0.15) is 0 Å². The maximum absolute atomic E-state index is 12.8. The molecule has 32 heavy (non-hydrogen) atoms. The third-order valence-electron chi connectivity index (χ3n) is 5.88. The predicted molar refractivity (Wildman–Crippen MR) is 125 cm³/mol. The lowest BCUT2D eigenvalue weighted by atomic mass is 10.1. The molecule has 8 nitrogen and oxygen atoms in total. The third kappa shape index (κ3) is 5.48. The lowest BCUT2D eigenvalue weighted by Gasteiger charge is -2.26. The fraction of sp³-hybridized carbons (Fsp3) is 0.545. The molecule has 0 spiro atoms. The zero-order chi connectivity index (χ0) is 22.6. The maximum atomic E-state index is 12.8.